The van der Waals surface area contributed by atoms with Crippen molar-refractivity contribution in [2.75, 3.05) is 26.4 Å². The van der Waals surface area contributed by atoms with Crippen LogP contribution in [0, 0.1) is 0 Å². The Kier molecular flexibility index (Phi) is 32.3. The van der Waals surface area contributed by atoms with E-state index in [9.17, 15) is 19.0 Å². The number of rotatable bonds is 37. The predicted molar refractivity (Wildman–Crippen MR) is 219 cm³/mol. The molecule has 54 heavy (non-hydrogen) atoms. The largest absolute Gasteiger partial charge is 0.472 e. The van der Waals surface area contributed by atoms with E-state index in [2.05, 4.69) is 68.5 Å². The first-order valence-electron chi connectivity index (χ1n) is 20.9. The first-order valence-corrected chi connectivity index (χ1v) is 22.4. The van der Waals surface area contributed by atoms with E-state index in [1.54, 1.807) is 0 Å². The van der Waals surface area contributed by atoms with E-state index in [4.69, 9.17) is 29.0 Å². The van der Waals surface area contributed by atoms with Crippen molar-refractivity contribution in [3.8, 4) is 0 Å². The third-order valence-corrected chi connectivity index (χ3v) is 9.77. The Hall–Kier alpha value is -2.33. The third-order valence-electron chi connectivity index (χ3n) is 8.79. The lowest BCUT2D eigenvalue weighted by Crippen LogP contribution is -2.29. The van der Waals surface area contributed by atoms with Crippen molar-refractivity contribution in [2.45, 2.75) is 173 Å². The molecule has 0 aromatic heterocycles. The lowest BCUT2D eigenvalue weighted by molar-refractivity contribution is -0.161. The van der Waals surface area contributed by atoms with E-state index in [1.165, 1.54) is 44.9 Å². The molecule has 0 radical (unpaired) electrons. The van der Waals surface area contributed by atoms with Crippen LogP contribution in [0.2, 0.25) is 0 Å². The fourth-order valence-corrected chi connectivity index (χ4v) is 6.35. The zero-order valence-corrected chi connectivity index (χ0v) is 34.5. The molecule has 11 heteroatoms. The number of esters is 2. The molecule has 1 aliphatic heterocycles. The maximum atomic E-state index is 12.6. The van der Waals surface area contributed by atoms with E-state index >= 15 is 0 Å². The van der Waals surface area contributed by atoms with E-state index in [0.717, 1.165) is 64.2 Å². The molecular formula is C43H74NO9P. The minimum Gasteiger partial charge on any atom is -0.462 e. The second kappa shape index (κ2) is 35.1. The molecule has 1 fully saturated rings. The van der Waals surface area contributed by atoms with Gasteiger partial charge in [0.2, 0.25) is 0 Å². The highest BCUT2D eigenvalue weighted by molar-refractivity contribution is 7.47. The fourth-order valence-electron chi connectivity index (χ4n) is 5.59. The molecule has 0 amide bonds. The monoisotopic (exact) mass is 780 g/mol. The summed E-state index contributed by atoms with van der Waals surface area (Å²) in [6, 6.07) is 0. The quantitative estimate of drug-likeness (QED) is 0.0205. The van der Waals surface area contributed by atoms with Crippen LogP contribution < -0.4 is 5.73 Å². The summed E-state index contributed by atoms with van der Waals surface area (Å²) < 4.78 is 38.4. The van der Waals surface area contributed by atoms with E-state index in [1.807, 2.05) is 6.08 Å². The molecule has 1 aliphatic rings. The van der Waals surface area contributed by atoms with Crippen molar-refractivity contribution in [2.24, 2.45) is 5.73 Å². The number of ether oxygens (including phenoxy) is 3. The minimum atomic E-state index is -4.40. The molecular weight excluding hydrogens is 705 g/mol. The first-order chi connectivity index (χ1) is 26.3. The van der Waals surface area contributed by atoms with Crippen molar-refractivity contribution < 1.29 is 42.3 Å². The van der Waals surface area contributed by atoms with E-state index < -0.39 is 32.5 Å². The highest BCUT2D eigenvalue weighted by Gasteiger charge is 2.36. The van der Waals surface area contributed by atoms with Gasteiger partial charge in [-0.1, -0.05) is 126 Å². The number of hydrogen-bond donors (Lipinski definition) is 2. The molecule has 1 saturated heterocycles. The number of carbonyl (C=O) groups is 2. The van der Waals surface area contributed by atoms with E-state index in [0.29, 0.717) is 31.5 Å². The Bertz CT molecular complexity index is 1140. The van der Waals surface area contributed by atoms with Crippen LogP contribution in [0.4, 0.5) is 0 Å². The molecule has 0 spiro atoms. The Morgan fingerprint density at radius 2 is 1.20 bits per heavy atom. The van der Waals surface area contributed by atoms with Crippen LogP contribution in [0.5, 0.6) is 0 Å². The number of epoxide rings is 1. The van der Waals surface area contributed by atoms with Gasteiger partial charge in [-0.05, 0) is 77.0 Å². The van der Waals surface area contributed by atoms with Crippen LogP contribution in [0.1, 0.15) is 155 Å². The molecule has 3 N–H and O–H groups in total. The lowest BCUT2D eigenvalue weighted by Gasteiger charge is -2.19. The van der Waals surface area contributed by atoms with Gasteiger partial charge in [0.05, 0.1) is 25.4 Å². The molecule has 4 unspecified atom stereocenters. The van der Waals surface area contributed by atoms with Crippen molar-refractivity contribution in [3.05, 3.63) is 60.8 Å². The normalized spacial score (nSPS) is 17.7. The van der Waals surface area contributed by atoms with Crippen LogP contribution in [0.15, 0.2) is 60.8 Å². The number of hydrogen-bond acceptors (Lipinski definition) is 9. The maximum absolute atomic E-state index is 12.6. The summed E-state index contributed by atoms with van der Waals surface area (Å²) in [6.45, 7) is 3.51. The molecule has 310 valence electrons. The molecule has 10 nitrogen and oxygen atoms in total. The molecule has 0 aliphatic carbocycles. The molecule has 1 heterocycles. The van der Waals surface area contributed by atoms with Gasteiger partial charge >= 0.3 is 19.8 Å². The number of unbranched alkanes of at least 4 members (excludes halogenated alkanes) is 12. The van der Waals surface area contributed by atoms with Crippen molar-refractivity contribution in [3.63, 3.8) is 0 Å². The molecule has 0 aromatic rings. The van der Waals surface area contributed by atoms with Gasteiger partial charge in [0.15, 0.2) is 6.10 Å². The topological polar surface area (TPSA) is 147 Å². The maximum Gasteiger partial charge on any atom is 0.472 e. The van der Waals surface area contributed by atoms with Crippen LogP contribution in [0.25, 0.3) is 0 Å². The minimum absolute atomic E-state index is 0.0384. The SMILES string of the molecule is CC/C=C\C/C=C\CC1OC1C/C=C\C/C=C\CCCC(=O)OC(COC(=O)CCCCCCC/C=C\CCCCCCCC)COP(=O)(O)OCCN. The fraction of sp³-hybridized carbons (Fsp3) is 0.721. The van der Waals surface area contributed by atoms with Gasteiger partial charge in [-0.25, -0.2) is 4.57 Å². The van der Waals surface area contributed by atoms with Crippen molar-refractivity contribution in [1.29, 1.82) is 0 Å². The summed E-state index contributed by atoms with van der Waals surface area (Å²) in [7, 11) is -4.40. The average Bonchev–Trinajstić information content (AvgIpc) is 3.91. The zero-order valence-electron chi connectivity index (χ0n) is 33.6. The highest BCUT2D eigenvalue weighted by Crippen LogP contribution is 2.43. The number of phosphoric acid groups is 1. The summed E-state index contributed by atoms with van der Waals surface area (Å²) in [5, 5.41) is 0. The number of carbonyl (C=O) groups excluding carboxylic acids is 2. The van der Waals surface area contributed by atoms with Gasteiger partial charge in [0.1, 0.15) is 6.61 Å². The Morgan fingerprint density at radius 1 is 0.667 bits per heavy atom. The van der Waals surface area contributed by atoms with Crippen LogP contribution >= 0.6 is 7.82 Å². The molecule has 4 atom stereocenters. The highest BCUT2D eigenvalue weighted by atomic mass is 31.2. The van der Waals surface area contributed by atoms with Gasteiger partial charge in [0.25, 0.3) is 0 Å². The van der Waals surface area contributed by atoms with Crippen molar-refractivity contribution in [1.82, 2.24) is 0 Å². The second-order valence-corrected chi connectivity index (χ2v) is 15.3. The first kappa shape index (κ1) is 49.7. The standard InChI is InChI=1S/C43H74NO9P/c1-3-5-7-9-11-12-13-14-15-16-17-18-21-25-29-33-42(45)49-37-39(38-51-54(47,48)50-36-35-44)52-43(46)34-30-26-22-19-20-24-28-32-41-40(53-41)31-27-23-10-8-6-4-2/h6,8,14-15,19,22-24,27-28,39-41H,3-5,7,9-13,16-18,20-21,25-26,29-38,44H2,1-2H3,(H,47,48)/b8-6-,15-14-,22-19-,27-23-,28-24-. The third kappa shape index (κ3) is 32.0. The summed E-state index contributed by atoms with van der Waals surface area (Å²) in [5.74, 6) is -0.917. The van der Waals surface area contributed by atoms with Gasteiger partial charge in [0, 0.05) is 19.4 Å². The lowest BCUT2D eigenvalue weighted by atomic mass is 10.1. The summed E-state index contributed by atoms with van der Waals surface area (Å²) in [5.41, 5.74) is 5.34. The second-order valence-electron chi connectivity index (χ2n) is 13.9. The molecule has 1 rings (SSSR count). The van der Waals surface area contributed by atoms with Crippen molar-refractivity contribution >= 4 is 19.8 Å². The van der Waals surface area contributed by atoms with Gasteiger partial charge in [-0.2, -0.15) is 0 Å². The Balaban J connectivity index is 2.25. The van der Waals surface area contributed by atoms with Crippen LogP contribution in [0.3, 0.4) is 0 Å². The average molecular weight is 780 g/mol. The van der Waals surface area contributed by atoms with Gasteiger partial charge in [-0.3, -0.25) is 18.6 Å². The molecule has 0 saturated carbocycles. The number of nitrogens with two attached hydrogens (primary N) is 1. The Morgan fingerprint density at radius 3 is 1.83 bits per heavy atom. The predicted octanol–water partition coefficient (Wildman–Crippen LogP) is 10.7. The van der Waals surface area contributed by atoms with E-state index in [-0.39, 0.29) is 32.6 Å². The zero-order chi connectivity index (χ0) is 39.4. The smallest absolute Gasteiger partial charge is 0.462 e. The molecule has 0 bridgehead atoms. The molecule has 0 aromatic carbocycles. The van der Waals surface area contributed by atoms with Gasteiger partial charge < -0.3 is 24.8 Å². The van der Waals surface area contributed by atoms with Crippen LogP contribution in [-0.2, 0) is 37.4 Å². The number of phosphoric ester groups is 1. The van der Waals surface area contributed by atoms with Crippen LogP contribution in [-0.4, -0.2) is 61.5 Å². The summed E-state index contributed by atoms with van der Waals surface area (Å²) in [6.07, 6.45) is 42.9. The number of allylic oxidation sites excluding steroid dienone is 8. The van der Waals surface area contributed by atoms with Gasteiger partial charge in [-0.15, -0.1) is 0 Å². The summed E-state index contributed by atoms with van der Waals surface area (Å²) >= 11 is 0. The summed E-state index contributed by atoms with van der Waals surface area (Å²) in [4.78, 5) is 34.8. The Labute approximate surface area is 327 Å².